The van der Waals surface area contributed by atoms with Gasteiger partial charge in [0.15, 0.2) is 0 Å². The Balaban J connectivity index is 2.04. The zero-order valence-electron chi connectivity index (χ0n) is 11.4. The molecule has 0 fully saturated rings. The summed E-state index contributed by atoms with van der Waals surface area (Å²) in [5, 5.41) is 3.17. The first kappa shape index (κ1) is 13.7. The number of rotatable bonds is 5. The Morgan fingerprint density at radius 3 is 2.58 bits per heavy atom. The predicted octanol–water partition coefficient (Wildman–Crippen LogP) is 3.42. The first-order valence-electron chi connectivity index (χ1n) is 6.53. The molecule has 100 valence electrons. The summed E-state index contributed by atoms with van der Waals surface area (Å²) in [5.41, 5.74) is 3.22. The quantitative estimate of drug-likeness (QED) is 0.888. The second-order valence-corrected chi connectivity index (χ2v) is 4.76. The molecule has 1 aromatic heterocycles. The number of benzene rings is 1. The van der Waals surface area contributed by atoms with E-state index in [9.17, 15) is 4.39 Å². The number of pyridine rings is 1. The van der Waals surface area contributed by atoms with Gasteiger partial charge in [0.1, 0.15) is 5.82 Å². The van der Waals surface area contributed by atoms with Crippen LogP contribution in [0.15, 0.2) is 42.7 Å². The molecule has 0 aliphatic carbocycles. The molecule has 0 amide bonds. The van der Waals surface area contributed by atoms with Crippen molar-refractivity contribution in [3.63, 3.8) is 0 Å². The van der Waals surface area contributed by atoms with Gasteiger partial charge in [-0.2, -0.15) is 0 Å². The van der Waals surface area contributed by atoms with E-state index in [4.69, 9.17) is 0 Å². The van der Waals surface area contributed by atoms with Crippen LogP contribution in [0, 0.1) is 12.7 Å². The number of hydrogen-bond donors (Lipinski definition) is 1. The smallest absolute Gasteiger partial charge is 0.146 e. The molecule has 0 radical (unpaired) electrons. The van der Waals surface area contributed by atoms with E-state index in [2.05, 4.69) is 41.5 Å². The van der Waals surface area contributed by atoms with E-state index >= 15 is 0 Å². The number of halogens is 1. The summed E-state index contributed by atoms with van der Waals surface area (Å²) in [6.07, 6.45) is 4.69. The summed E-state index contributed by atoms with van der Waals surface area (Å²) >= 11 is 0. The fourth-order valence-electron chi connectivity index (χ4n) is 2.19. The van der Waals surface area contributed by atoms with Gasteiger partial charge >= 0.3 is 0 Å². The fourth-order valence-corrected chi connectivity index (χ4v) is 2.19. The molecule has 0 aliphatic rings. The normalized spacial score (nSPS) is 12.4. The van der Waals surface area contributed by atoms with Gasteiger partial charge in [-0.25, -0.2) is 4.39 Å². The number of nitrogens with one attached hydrogen (secondary N) is 1. The second-order valence-electron chi connectivity index (χ2n) is 4.76. The van der Waals surface area contributed by atoms with Crippen LogP contribution in [0.2, 0.25) is 0 Å². The molecule has 1 aromatic carbocycles. The first-order valence-corrected chi connectivity index (χ1v) is 6.53. The number of aryl methyl sites for hydroxylation is 2. The third-order valence-electron chi connectivity index (χ3n) is 3.37. The third-order valence-corrected chi connectivity index (χ3v) is 3.37. The van der Waals surface area contributed by atoms with Crippen molar-refractivity contribution in [2.24, 2.45) is 0 Å². The van der Waals surface area contributed by atoms with Crippen molar-refractivity contribution in [2.45, 2.75) is 25.8 Å². The molecule has 19 heavy (non-hydrogen) atoms. The summed E-state index contributed by atoms with van der Waals surface area (Å²) in [4.78, 5) is 3.79. The molecule has 2 rings (SSSR count). The maximum Gasteiger partial charge on any atom is 0.146 e. The monoisotopic (exact) mass is 258 g/mol. The third kappa shape index (κ3) is 3.61. The molecule has 2 aromatic rings. The van der Waals surface area contributed by atoms with Gasteiger partial charge in [0, 0.05) is 17.8 Å². The summed E-state index contributed by atoms with van der Waals surface area (Å²) in [7, 11) is 1.86. The van der Waals surface area contributed by atoms with Gasteiger partial charge in [-0.15, -0.1) is 0 Å². The van der Waals surface area contributed by atoms with Crippen molar-refractivity contribution < 1.29 is 4.39 Å². The summed E-state index contributed by atoms with van der Waals surface area (Å²) in [6, 6.07) is 10.2. The van der Waals surface area contributed by atoms with Crippen LogP contribution < -0.4 is 5.32 Å². The number of hydrogen-bond acceptors (Lipinski definition) is 2. The molecule has 0 aliphatic heterocycles. The lowest BCUT2D eigenvalue weighted by atomic mass is 9.99. The summed E-state index contributed by atoms with van der Waals surface area (Å²) in [6.45, 7) is 2.08. The van der Waals surface area contributed by atoms with Crippen molar-refractivity contribution in [1.82, 2.24) is 10.3 Å². The highest BCUT2D eigenvalue weighted by Gasteiger charge is 2.13. The molecule has 1 N–H and O–H groups in total. The van der Waals surface area contributed by atoms with Crippen LogP contribution >= 0.6 is 0 Å². The van der Waals surface area contributed by atoms with Gasteiger partial charge in [-0.05, 0) is 38.4 Å². The number of nitrogens with zero attached hydrogens (tertiary/aromatic N) is 1. The lowest BCUT2D eigenvalue weighted by Gasteiger charge is -2.17. The minimum Gasteiger partial charge on any atom is -0.313 e. The van der Waals surface area contributed by atoms with E-state index in [0.717, 1.165) is 12.8 Å². The SMILES string of the molecule is CNC(CCc1ccc(C)cc1)c1ccncc1F. The zero-order chi connectivity index (χ0) is 13.7. The maximum absolute atomic E-state index is 13.7. The van der Waals surface area contributed by atoms with Crippen LogP contribution in [0.1, 0.15) is 29.2 Å². The Morgan fingerprint density at radius 2 is 1.95 bits per heavy atom. The molecule has 0 saturated carbocycles. The predicted molar refractivity (Wildman–Crippen MR) is 75.5 cm³/mol. The molecule has 3 heteroatoms. The van der Waals surface area contributed by atoms with E-state index in [1.807, 2.05) is 7.05 Å². The highest BCUT2D eigenvalue weighted by molar-refractivity contribution is 5.22. The minimum absolute atomic E-state index is 0.0179. The van der Waals surface area contributed by atoms with Crippen LogP contribution in [0.25, 0.3) is 0 Å². The van der Waals surface area contributed by atoms with Crippen LogP contribution in [0.5, 0.6) is 0 Å². The molecular formula is C16H19FN2. The van der Waals surface area contributed by atoms with Crippen LogP contribution in [0.3, 0.4) is 0 Å². The van der Waals surface area contributed by atoms with E-state index in [1.165, 1.54) is 17.3 Å². The highest BCUT2D eigenvalue weighted by atomic mass is 19.1. The molecule has 1 atom stereocenters. The van der Waals surface area contributed by atoms with Gasteiger partial charge in [-0.3, -0.25) is 4.98 Å². The zero-order valence-corrected chi connectivity index (χ0v) is 11.4. The van der Waals surface area contributed by atoms with E-state index in [1.54, 1.807) is 12.3 Å². The second kappa shape index (κ2) is 6.43. The Hall–Kier alpha value is -1.74. The van der Waals surface area contributed by atoms with Gasteiger partial charge in [0.25, 0.3) is 0 Å². The van der Waals surface area contributed by atoms with Crippen LogP contribution in [-0.2, 0) is 6.42 Å². The largest absolute Gasteiger partial charge is 0.313 e. The first-order chi connectivity index (χ1) is 9.20. The molecule has 0 bridgehead atoms. The minimum atomic E-state index is -0.245. The Bertz CT molecular complexity index is 523. The fraction of sp³-hybridized carbons (Fsp3) is 0.312. The van der Waals surface area contributed by atoms with Gasteiger partial charge in [-0.1, -0.05) is 29.8 Å². The van der Waals surface area contributed by atoms with Crippen molar-refractivity contribution in [2.75, 3.05) is 7.05 Å². The number of aromatic nitrogens is 1. The van der Waals surface area contributed by atoms with E-state index in [0.29, 0.717) is 5.56 Å². The average molecular weight is 258 g/mol. The van der Waals surface area contributed by atoms with Crippen molar-refractivity contribution in [1.29, 1.82) is 0 Å². The molecule has 2 nitrogen and oxygen atoms in total. The van der Waals surface area contributed by atoms with Gasteiger partial charge in [0.2, 0.25) is 0 Å². The summed E-state index contributed by atoms with van der Waals surface area (Å²) in [5.74, 6) is -0.245. The lowest BCUT2D eigenvalue weighted by Crippen LogP contribution is -2.18. The Labute approximate surface area is 113 Å². The Kier molecular flexibility index (Phi) is 4.63. The molecule has 1 heterocycles. The molecular weight excluding hydrogens is 239 g/mol. The highest BCUT2D eigenvalue weighted by Crippen LogP contribution is 2.21. The summed E-state index contributed by atoms with van der Waals surface area (Å²) < 4.78 is 13.7. The molecule has 0 spiro atoms. The topological polar surface area (TPSA) is 24.9 Å². The van der Waals surface area contributed by atoms with E-state index < -0.39 is 0 Å². The Morgan fingerprint density at radius 1 is 1.21 bits per heavy atom. The van der Waals surface area contributed by atoms with Crippen molar-refractivity contribution in [3.05, 3.63) is 65.2 Å². The molecule has 0 saturated heterocycles. The van der Waals surface area contributed by atoms with Gasteiger partial charge < -0.3 is 5.32 Å². The van der Waals surface area contributed by atoms with Crippen LogP contribution in [-0.4, -0.2) is 12.0 Å². The van der Waals surface area contributed by atoms with E-state index in [-0.39, 0.29) is 11.9 Å². The maximum atomic E-state index is 13.7. The van der Waals surface area contributed by atoms with Crippen molar-refractivity contribution >= 4 is 0 Å². The molecule has 1 unspecified atom stereocenters. The standard InChI is InChI=1S/C16H19FN2/c1-12-3-5-13(6-4-12)7-8-16(18-2)14-9-10-19-11-15(14)17/h3-6,9-11,16,18H,7-8H2,1-2H3. The van der Waals surface area contributed by atoms with Crippen LogP contribution in [0.4, 0.5) is 4.39 Å². The van der Waals surface area contributed by atoms with Gasteiger partial charge in [0.05, 0.1) is 6.20 Å². The van der Waals surface area contributed by atoms with Crippen molar-refractivity contribution in [3.8, 4) is 0 Å². The lowest BCUT2D eigenvalue weighted by molar-refractivity contribution is 0.506. The average Bonchev–Trinajstić information content (AvgIpc) is 2.43.